The van der Waals surface area contributed by atoms with Crippen LogP contribution in [0.5, 0.6) is 0 Å². The monoisotopic (exact) mass is 282 g/mol. The minimum absolute atomic E-state index is 0.00938. The number of hydrogen-bond donors (Lipinski definition) is 1. The second-order valence-corrected chi connectivity index (χ2v) is 6.98. The van der Waals surface area contributed by atoms with E-state index in [0.717, 1.165) is 0 Å². The van der Waals surface area contributed by atoms with E-state index in [9.17, 15) is 4.79 Å². The van der Waals surface area contributed by atoms with Crippen molar-refractivity contribution in [2.75, 3.05) is 19.7 Å². The van der Waals surface area contributed by atoms with E-state index in [1.165, 1.54) is 4.88 Å². The Kier molecular flexibility index (Phi) is 4.28. The van der Waals surface area contributed by atoms with Crippen LogP contribution in [-0.2, 0) is 9.53 Å². The van der Waals surface area contributed by atoms with Crippen LogP contribution in [0.1, 0.15) is 31.8 Å². The second kappa shape index (κ2) is 5.61. The van der Waals surface area contributed by atoms with E-state index in [1.807, 2.05) is 43.2 Å². The summed E-state index contributed by atoms with van der Waals surface area (Å²) < 4.78 is 5.74. The number of thiophene rings is 1. The molecule has 1 aromatic rings. The Hall–Kier alpha value is -0.910. The molecule has 5 heteroatoms. The third kappa shape index (κ3) is 3.35. The standard InChI is InChI=1S/C14H22N2O2S/c1-14(2,3)12(15)13(17)16-6-7-18-10(9-16)11-5-4-8-19-11/h4-5,8,10,12H,6-7,9,15H2,1-3H3/t10?,12-/m1/s1. The van der Waals surface area contributed by atoms with E-state index >= 15 is 0 Å². The number of nitrogens with zero attached hydrogens (tertiary/aromatic N) is 1. The zero-order valence-corrected chi connectivity index (χ0v) is 12.6. The van der Waals surface area contributed by atoms with Gasteiger partial charge in [0.15, 0.2) is 0 Å². The highest BCUT2D eigenvalue weighted by Gasteiger charge is 2.34. The van der Waals surface area contributed by atoms with E-state index < -0.39 is 6.04 Å². The van der Waals surface area contributed by atoms with Gasteiger partial charge in [0, 0.05) is 11.4 Å². The van der Waals surface area contributed by atoms with Gasteiger partial charge in [-0.25, -0.2) is 0 Å². The van der Waals surface area contributed by atoms with Crippen molar-refractivity contribution < 1.29 is 9.53 Å². The number of amides is 1. The zero-order valence-electron chi connectivity index (χ0n) is 11.8. The molecule has 1 saturated heterocycles. The summed E-state index contributed by atoms with van der Waals surface area (Å²) in [4.78, 5) is 15.4. The SMILES string of the molecule is CC(C)(C)[C@H](N)C(=O)N1CCOC(c2cccs2)C1. The van der Waals surface area contributed by atoms with Gasteiger partial charge in [-0.05, 0) is 16.9 Å². The number of morpholine rings is 1. The maximum absolute atomic E-state index is 12.4. The highest BCUT2D eigenvalue weighted by atomic mass is 32.1. The molecule has 1 aromatic heterocycles. The summed E-state index contributed by atoms with van der Waals surface area (Å²) in [6, 6.07) is 3.59. The van der Waals surface area contributed by atoms with Gasteiger partial charge in [0.05, 0.1) is 19.2 Å². The molecule has 1 amide bonds. The summed E-state index contributed by atoms with van der Waals surface area (Å²) >= 11 is 1.66. The zero-order chi connectivity index (χ0) is 14.0. The first kappa shape index (κ1) is 14.5. The summed E-state index contributed by atoms with van der Waals surface area (Å²) in [5, 5.41) is 2.03. The summed E-state index contributed by atoms with van der Waals surface area (Å²) in [7, 11) is 0. The summed E-state index contributed by atoms with van der Waals surface area (Å²) in [6.07, 6.45) is -0.00938. The fraction of sp³-hybridized carbons (Fsp3) is 0.643. The third-order valence-corrected chi connectivity index (χ3v) is 4.40. The molecule has 1 aliphatic heterocycles. The molecule has 2 N–H and O–H groups in total. The molecule has 2 heterocycles. The number of nitrogens with two attached hydrogens (primary N) is 1. The topological polar surface area (TPSA) is 55.6 Å². The van der Waals surface area contributed by atoms with E-state index in [-0.39, 0.29) is 17.4 Å². The van der Waals surface area contributed by atoms with Gasteiger partial charge in [-0.2, -0.15) is 0 Å². The quantitative estimate of drug-likeness (QED) is 0.903. The normalized spacial score (nSPS) is 22.3. The molecule has 0 bridgehead atoms. The molecular formula is C14H22N2O2S. The van der Waals surface area contributed by atoms with Gasteiger partial charge in [0.25, 0.3) is 0 Å². The maximum atomic E-state index is 12.4. The maximum Gasteiger partial charge on any atom is 0.240 e. The Bertz CT molecular complexity index is 425. The second-order valence-electron chi connectivity index (χ2n) is 6.00. The largest absolute Gasteiger partial charge is 0.369 e. The first-order chi connectivity index (χ1) is 8.89. The molecule has 1 aliphatic rings. The van der Waals surface area contributed by atoms with E-state index in [1.54, 1.807) is 11.3 Å². The van der Waals surface area contributed by atoms with Gasteiger partial charge in [-0.1, -0.05) is 26.8 Å². The van der Waals surface area contributed by atoms with E-state index in [4.69, 9.17) is 10.5 Å². The molecule has 106 valence electrons. The van der Waals surface area contributed by atoms with Gasteiger partial charge < -0.3 is 15.4 Å². The van der Waals surface area contributed by atoms with Crippen molar-refractivity contribution in [3.8, 4) is 0 Å². The van der Waals surface area contributed by atoms with Crippen molar-refractivity contribution in [3.05, 3.63) is 22.4 Å². The van der Waals surface area contributed by atoms with Crippen LogP contribution in [0.2, 0.25) is 0 Å². The Morgan fingerprint density at radius 2 is 2.32 bits per heavy atom. The van der Waals surface area contributed by atoms with Crippen LogP contribution in [0, 0.1) is 5.41 Å². The predicted molar refractivity (Wildman–Crippen MR) is 77.0 cm³/mol. The van der Waals surface area contributed by atoms with Crippen molar-refractivity contribution in [1.82, 2.24) is 4.90 Å². The molecule has 0 radical (unpaired) electrons. The van der Waals surface area contributed by atoms with Crippen molar-refractivity contribution >= 4 is 17.2 Å². The Morgan fingerprint density at radius 3 is 2.89 bits per heavy atom. The minimum Gasteiger partial charge on any atom is -0.369 e. The van der Waals surface area contributed by atoms with Gasteiger partial charge in [0.1, 0.15) is 6.10 Å². The van der Waals surface area contributed by atoms with Crippen LogP contribution < -0.4 is 5.73 Å². The minimum atomic E-state index is -0.463. The van der Waals surface area contributed by atoms with Crippen LogP contribution in [0.3, 0.4) is 0 Å². The first-order valence-electron chi connectivity index (χ1n) is 6.59. The number of carbonyl (C=O) groups is 1. The molecule has 1 fully saturated rings. The summed E-state index contributed by atoms with van der Waals surface area (Å²) in [5.74, 6) is 0.0253. The average Bonchev–Trinajstić information content (AvgIpc) is 2.90. The van der Waals surface area contributed by atoms with Gasteiger partial charge in [0.2, 0.25) is 5.91 Å². The molecule has 0 spiro atoms. The van der Waals surface area contributed by atoms with Gasteiger partial charge in [-0.3, -0.25) is 4.79 Å². The first-order valence-corrected chi connectivity index (χ1v) is 7.47. The molecule has 0 aliphatic carbocycles. The van der Waals surface area contributed by atoms with Crippen molar-refractivity contribution in [1.29, 1.82) is 0 Å². The highest BCUT2D eigenvalue weighted by Crippen LogP contribution is 2.27. The number of hydrogen-bond acceptors (Lipinski definition) is 4. The fourth-order valence-corrected chi connectivity index (χ4v) is 2.83. The van der Waals surface area contributed by atoms with Crippen molar-refractivity contribution in [2.45, 2.75) is 32.9 Å². The predicted octanol–water partition coefficient (Wildman–Crippen LogP) is 2.02. The van der Waals surface area contributed by atoms with E-state index in [0.29, 0.717) is 19.7 Å². The van der Waals surface area contributed by atoms with Crippen LogP contribution in [0.15, 0.2) is 17.5 Å². The number of carbonyl (C=O) groups excluding carboxylic acids is 1. The molecule has 0 aromatic carbocycles. The number of ether oxygens (including phenoxy) is 1. The van der Waals surface area contributed by atoms with Crippen LogP contribution >= 0.6 is 11.3 Å². The lowest BCUT2D eigenvalue weighted by atomic mass is 9.86. The number of rotatable bonds is 2. The summed E-state index contributed by atoms with van der Waals surface area (Å²) in [6.45, 7) is 7.78. The molecule has 1 unspecified atom stereocenters. The average molecular weight is 282 g/mol. The van der Waals surface area contributed by atoms with Gasteiger partial charge in [-0.15, -0.1) is 11.3 Å². The Balaban J connectivity index is 2.03. The van der Waals surface area contributed by atoms with Crippen LogP contribution in [0.25, 0.3) is 0 Å². The molecule has 2 atom stereocenters. The van der Waals surface area contributed by atoms with Crippen LogP contribution in [0.4, 0.5) is 0 Å². The smallest absolute Gasteiger partial charge is 0.240 e. The molecule has 4 nitrogen and oxygen atoms in total. The lowest BCUT2D eigenvalue weighted by Crippen LogP contribution is -2.53. The lowest BCUT2D eigenvalue weighted by Gasteiger charge is -2.37. The molecule has 2 rings (SSSR count). The summed E-state index contributed by atoms with van der Waals surface area (Å²) in [5.41, 5.74) is 5.85. The third-order valence-electron chi connectivity index (χ3n) is 3.44. The Morgan fingerprint density at radius 1 is 1.58 bits per heavy atom. The highest BCUT2D eigenvalue weighted by molar-refractivity contribution is 7.10. The molecular weight excluding hydrogens is 260 g/mol. The molecule has 19 heavy (non-hydrogen) atoms. The molecule has 0 saturated carbocycles. The van der Waals surface area contributed by atoms with Crippen LogP contribution in [-0.4, -0.2) is 36.5 Å². The van der Waals surface area contributed by atoms with Crippen molar-refractivity contribution in [2.24, 2.45) is 11.1 Å². The van der Waals surface area contributed by atoms with Crippen molar-refractivity contribution in [3.63, 3.8) is 0 Å². The fourth-order valence-electron chi connectivity index (χ4n) is 2.06. The van der Waals surface area contributed by atoms with E-state index in [2.05, 4.69) is 0 Å². The van der Waals surface area contributed by atoms with Gasteiger partial charge >= 0.3 is 0 Å². The Labute approximate surface area is 118 Å². The lowest BCUT2D eigenvalue weighted by molar-refractivity contribution is -0.142.